The molecule has 1 unspecified atom stereocenters. The first-order valence-electron chi connectivity index (χ1n) is 6.39. The van der Waals surface area contributed by atoms with E-state index in [4.69, 9.17) is 5.11 Å². The largest absolute Gasteiger partial charge is 0.480 e. The Morgan fingerprint density at radius 2 is 2.00 bits per heavy atom. The number of aliphatic carboxylic acids is 1. The fourth-order valence-corrected chi connectivity index (χ4v) is 3.32. The number of carbonyl (C=O) groups excluding carboxylic acids is 1. The molecular weight excluding hydrogens is 310 g/mol. The molecule has 0 spiro atoms. The van der Waals surface area contributed by atoms with Crippen molar-refractivity contribution in [3.8, 4) is 0 Å². The second-order valence-electron chi connectivity index (χ2n) is 4.84. The maximum Gasteiger partial charge on any atom is 0.323 e. The van der Waals surface area contributed by atoms with Crippen molar-refractivity contribution in [3.63, 3.8) is 0 Å². The molecule has 0 fully saturated rings. The van der Waals surface area contributed by atoms with Crippen LogP contribution in [0.2, 0.25) is 0 Å². The number of fused-ring (bicyclic) bond motifs is 1. The summed E-state index contributed by atoms with van der Waals surface area (Å²) in [6, 6.07) is 5.39. The highest BCUT2D eigenvalue weighted by Gasteiger charge is 2.31. The Bertz CT molecular complexity index is 757. The van der Waals surface area contributed by atoms with Crippen LogP contribution in [-0.2, 0) is 19.6 Å². The van der Waals surface area contributed by atoms with Gasteiger partial charge in [-0.2, -0.15) is 0 Å². The number of hydrogen-bond acceptors (Lipinski definition) is 5. The number of benzene rings is 1. The van der Waals surface area contributed by atoms with Gasteiger partial charge in [-0.15, -0.1) is 0 Å². The SMILES string of the molecule is CC(N=C1NS(=O)(=O)c2ccccc21)C(=O)N(C)CC(=O)O. The smallest absolute Gasteiger partial charge is 0.323 e. The van der Waals surface area contributed by atoms with Gasteiger partial charge in [0.2, 0.25) is 5.91 Å². The van der Waals surface area contributed by atoms with Gasteiger partial charge in [0, 0.05) is 12.6 Å². The summed E-state index contributed by atoms with van der Waals surface area (Å²) in [5.41, 5.74) is 0.392. The molecule has 1 heterocycles. The van der Waals surface area contributed by atoms with Crippen LogP contribution in [0.1, 0.15) is 12.5 Å². The highest BCUT2D eigenvalue weighted by molar-refractivity contribution is 7.90. The van der Waals surface area contributed by atoms with E-state index in [-0.39, 0.29) is 10.7 Å². The van der Waals surface area contributed by atoms with Gasteiger partial charge in [0.05, 0.1) is 4.90 Å². The third-order valence-electron chi connectivity index (χ3n) is 3.09. The maximum absolute atomic E-state index is 12.0. The van der Waals surface area contributed by atoms with Crippen molar-refractivity contribution < 1.29 is 23.1 Å². The summed E-state index contributed by atoms with van der Waals surface area (Å²) in [6.45, 7) is 1.03. The average Bonchev–Trinajstić information content (AvgIpc) is 2.69. The summed E-state index contributed by atoms with van der Waals surface area (Å²) in [6.07, 6.45) is 0. The van der Waals surface area contributed by atoms with Crippen molar-refractivity contribution in [2.45, 2.75) is 17.9 Å². The summed E-state index contributed by atoms with van der Waals surface area (Å²) in [5, 5.41) is 8.68. The van der Waals surface area contributed by atoms with Crippen LogP contribution in [0.15, 0.2) is 34.2 Å². The lowest BCUT2D eigenvalue weighted by Crippen LogP contribution is -2.38. The molecule has 0 saturated heterocycles. The molecule has 1 amide bonds. The van der Waals surface area contributed by atoms with Crippen LogP contribution in [0.5, 0.6) is 0 Å². The molecule has 8 nitrogen and oxygen atoms in total. The van der Waals surface area contributed by atoms with Crippen LogP contribution in [0.3, 0.4) is 0 Å². The van der Waals surface area contributed by atoms with Crippen LogP contribution in [0, 0.1) is 0 Å². The number of hydrogen-bond donors (Lipinski definition) is 2. The second kappa shape index (κ2) is 5.76. The number of nitrogens with zero attached hydrogens (tertiary/aromatic N) is 2. The van der Waals surface area contributed by atoms with Crippen molar-refractivity contribution in [2.24, 2.45) is 4.99 Å². The van der Waals surface area contributed by atoms with Gasteiger partial charge in [-0.3, -0.25) is 19.3 Å². The van der Waals surface area contributed by atoms with Gasteiger partial charge < -0.3 is 10.0 Å². The molecule has 9 heteroatoms. The fourth-order valence-electron chi connectivity index (χ4n) is 2.08. The molecule has 1 aromatic carbocycles. The molecule has 118 valence electrons. The number of amides is 1. The third-order valence-corrected chi connectivity index (χ3v) is 4.49. The third kappa shape index (κ3) is 3.08. The Balaban J connectivity index is 2.28. The number of sulfonamides is 1. The first kappa shape index (κ1) is 16.0. The van der Waals surface area contributed by atoms with Crippen molar-refractivity contribution in [1.82, 2.24) is 9.62 Å². The molecule has 1 aromatic rings. The zero-order valence-electron chi connectivity index (χ0n) is 12.0. The number of carbonyl (C=O) groups is 2. The van der Waals surface area contributed by atoms with Crippen molar-refractivity contribution >= 4 is 27.7 Å². The molecule has 2 N–H and O–H groups in total. The topological polar surface area (TPSA) is 116 Å². The Hall–Kier alpha value is -2.42. The molecule has 0 aromatic heterocycles. The van der Waals surface area contributed by atoms with Gasteiger partial charge in [0.15, 0.2) is 0 Å². The predicted molar refractivity (Wildman–Crippen MR) is 78.0 cm³/mol. The average molecular weight is 325 g/mol. The van der Waals surface area contributed by atoms with E-state index in [0.717, 1.165) is 4.90 Å². The van der Waals surface area contributed by atoms with Crippen LogP contribution >= 0.6 is 0 Å². The summed E-state index contributed by atoms with van der Waals surface area (Å²) in [5.74, 6) is -1.57. The van der Waals surface area contributed by atoms with E-state index in [9.17, 15) is 18.0 Å². The Labute approximate surface area is 127 Å². The van der Waals surface area contributed by atoms with Gasteiger partial charge in [0.1, 0.15) is 18.4 Å². The molecule has 0 bridgehead atoms. The van der Waals surface area contributed by atoms with E-state index in [1.165, 1.54) is 20.0 Å². The monoisotopic (exact) mass is 325 g/mol. The first-order valence-corrected chi connectivity index (χ1v) is 7.87. The van der Waals surface area contributed by atoms with Crippen molar-refractivity contribution in [2.75, 3.05) is 13.6 Å². The quantitative estimate of drug-likeness (QED) is 0.785. The molecule has 22 heavy (non-hydrogen) atoms. The lowest BCUT2D eigenvalue weighted by Gasteiger charge is -2.17. The Morgan fingerprint density at radius 3 is 2.64 bits per heavy atom. The molecule has 0 aliphatic carbocycles. The first-order chi connectivity index (χ1) is 10.2. The standard InChI is InChI=1S/C13H15N3O5S/c1-8(13(19)16(2)7-11(17)18)14-12-9-5-3-4-6-10(9)22(20,21)15-12/h3-6,8H,7H2,1-2H3,(H,14,15)(H,17,18). The Morgan fingerprint density at radius 1 is 1.36 bits per heavy atom. The highest BCUT2D eigenvalue weighted by Crippen LogP contribution is 2.22. The number of amidine groups is 1. The number of aliphatic imine (C=N–C) groups is 1. The van der Waals surface area contributed by atoms with E-state index in [1.54, 1.807) is 18.2 Å². The van der Waals surface area contributed by atoms with E-state index in [2.05, 4.69) is 9.71 Å². The molecule has 1 aliphatic heterocycles. The van der Waals surface area contributed by atoms with Crippen molar-refractivity contribution in [1.29, 1.82) is 0 Å². The summed E-state index contributed by atoms with van der Waals surface area (Å²) < 4.78 is 26.2. The van der Waals surface area contributed by atoms with E-state index < -0.39 is 34.5 Å². The van der Waals surface area contributed by atoms with Gasteiger partial charge in [0.25, 0.3) is 10.0 Å². The van der Waals surface area contributed by atoms with Crippen LogP contribution < -0.4 is 4.72 Å². The maximum atomic E-state index is 12.0. The van der Waals surface area contributed by atoms with E-state index in [0.29, 0.717) is 5.56 Å². The summed E-state index contributed by atoms with van der Waals surface area (Å²) in [4.78, 5) is 27.8. The Kier molecular flexibility index (Phi) is 4.18. The summed E-state index contributed by atoms with van der Waals surface area (Å²) >= 11 is 0. The molecule has 0 radical (unpaired) electrons. The minimum absolute atomic E-state index is 0.0835. The number of nitrogens with one attached hydrogen (secondary N) is 1. The molecule has 0 saturated carbocycles. The minimum Gasteiger partial charge on any atom is -0.480 e. The van der Waals surface area contributed by atoms with Crippen LogP contribution in [0.4, 0.5) is 0 Å². The zero-order chi connectivity index (χ0) is 16.5. The van der Waals surface area contributed by atoms with Crippen molar-refractivity contribution in [3.05, 3.63) is 29.8 Å². The number of carboxylic acid groups (broad SMARTS) is 1. The van der Waals surface area contributed by atoms with E-state index in [1.807, 2.05) is 0 Å². The van der Waals surface area contributed by atoms with Crippen LogP contribution in [-0.4, -0.2) is 55.8 Å². The number of rotatable bonds is 4. The number of likely N-dealkylation sites (N-methyl/N-ethyl adjacent to an activating group) is 1. The van der Waals surface area contributed by atoms with Gasteiger partial charge >= 0.3 is 5.97 Å². The predicted octanol–water partition coefficient (Wildman–Crippen LogP) is -0.343. The van der Waals surface area contributed by atoms with Gasteiger partial charge in [-0.25, -0.2) is 8.42 Å². The lowest BCUT2D eigenvalue weighted by molar-refractivity contribution is -0.143. The van der Waals surface area contributed by atoms with E-state index >= 15 is 0 Å². The molecule has 1 atom stereocenters. The van der Waals surface area contributed by atoms with Crippen LogP contribution in [0.25, 0.3) is 0 Å². The molecule has 2 rings (SSSR count). The normalized spacial score (nSPS) is 18.4. The number of carboxylic acids is 1. The summed E-state index contributed by atoms with van der Waals surface area (Å²) in [7, 11) is -2.32. The fraction of sp³-hybridized carbons (Fsp3) is 0.308. The molecule has 1 aliphatic rings. The zero-order valence-corrected chi connectivity index (χ0v) is 12.8. The second-order valence-corrected chi connectivity index (χ2v) is 6.49. The van der Waals surface area contributed by atoms with Gasteiger partial charge in [-0.05, 0) is 19.1 Å². The lowest BCUT2D eigenvalue weighted by atomic mass is 10.2. The minimum atomic E-state index is -3.67. The van der Waals surface area contributed by atoms with Gasteiger partial charge in [-0.1, -0.05) is 12.1 Å². The highest BCUT2D eigenvalue weighted by atomic mass is 32.2. The molecular formula is C13H15N3O5S.